The Morgan fingerprint density at radius 2 is 2.00 bits per heavy atom. The second-order valence-corrected chi connectivity index (χ2v) is 7.16. The highest BCUT2D eigenvalue weighted by Gasteiger charge is 2.27. The minimum atomic E-state index is -0.136. The molecule has 1 fully saturated rings. The summed E-state index contributed by atoms with van der Waals surface area (Å²) < 4.78 is 14.3. The van der Waals surface area contributed by atoms with Gasteiger partial charge in [-0.2, -0.15) is 0 Å². The van der Waals surface area contributed by atoms with E-state index in [2.05, 4.69) is 19.2 Å². The summed E-state index contributed by atoms with van der Waals surface area (Å²) in [6.07, 6.45) is 6.02. The van der Waals surface area contributed by atoms with Crippen LogP contribution >= 0.6 is 11.6 Å². The lowest BCUT2D eigenvalue weighted by Gasteiger charge is -2.27. The Bertz CT molecular complexity index is 447. The minimum absolute atomic E-state index is 0.136. The molecule has 1 aliphatic rings. The quantitative estimate of drug-likeness (QED) is 0.719. The fraction of sp³-hybridized carbons (Fsp3) is 0.667. The molecule has 2 atom stereocenters. The Labute approximate surface area is 133 Å². The topological polar surface area (TPSA) is 12.0 Å². The summed E-state index contributed by atoms with van der Waals surface area (Å²) in [5.74, 6) is 1.37. The van der Waals surface area contributed by atoms with E-state index < -0.39 is 0 Å². The zero-order valence-electron chi connectivity index (χ0n) is 13.2. The molecule has 0 saturated heterocycles. The Morgan fingerprint density at radius 1 is 1.24 bits per heavy atom. The summed E-state index contributed by atoms with van der Waals surface area (Å²) in [7, 11) is 0. The van der Waals surface area contributed by atoms with Crippen LogP contribution in [0.2, 0.25) is 5.02 Å². The minimum Gasteiger partial charge on any atom is -0.316 e. The van der Waals surface area contributed by atoms with Crippen molar-refractivity contribution in [3.8, 4) is 0 Å². The van der Waals surface area contributed by atoms with E-state index in [1.54, 1.807) is 0 Å². The van der Waals surface area contributed by atoms with Crippen molar-refractivity contribution in [3.63, 3.8) is 0 Å². The van der Waals surface area contributed by atoms with Gasteiger partial charge >= 0.3 is 0 Å². The van der Waals surface area contributed by atoms with Gasteiger partial charge in [-0.3, -0.25) is 0 Å². The first-order valence-corrected chi connectivity index (χ1v) is 8.61. The van der Waals surface area contributed by atoms with Gasteiger partial charge in [0.05, 0.1) is 0 Å². The number of nitrogens with one attached hydrogen (secondary N) is 1. The first-order chi connectivity index (χ1) is 10.1. The van der Waals surface area contributed by atoms with Crippen LogP contribution in [0.1, 0.15) is 57.4 Å². The molecule has 0 bridgehead atoms. The van der Waals surface area contributed by atoms with Gasteiger partial charge in [0.15, 0.2) is 0 Å². The van der Waals surface area contributed by atoms with Crippen LogP contribution in [-0.2, 0) is 0 Å². The number of benzene rings is 1. The van der Waals surface area contributed by atoms with Gasteiger partial charge < -0.3 is 5.32 Å². The van der Waals surface area contributed by atoms with Gasteiger partial charge in [-0.1, -0.05) is 50.8 Å². The average Bonchev–Trinajstić information content (AvgIpc) is 2.64. The van der Waals surface area contributed by atoms with E-state index in [1.165, 1.54) is 31.7 Å². The Balaban J connectivity index is 2.11. The van der Waals surface area contributed by atoms with Gasteiger partial charge in [-0.25, -0.2) is 4.39 Å². The van der Waals surface area contributed by atoms with Crippen molar-refractivity contribution >= 4 is 11.6 Å². The first kappa shape index (κ1) is 16.8. The Morgan fingerprint density at radius 3 is 2.71 bits per heavy atom. The van der Waals surface area contributed by atoms with E-state index in [-0.39, 0.29) is 5.82 Å². The van der Waals surface area contributed by atoms with Gasteiger partial charge in [0.2, 0.25) is 0 Å². The van der Waals surface area contributed by atoms with Crippen LogP contribution < -0.4 is 5.32 Å². The summed E-state index contributed by atoms with van der Waals surface area (Å²) in [6, 6.07) is 5.17. The molecule has 2 unspecified atom stereocenters. The maximum Gasteiger partial charge on any atom is 0.128 e. The van der Waals surface area contributed by atoms with Crippen LogP contribution in [0.3, 0.4) is 0 Å². The molecule has 0 amide bonds. The van der Waals surface area contributed by atoms with E-state index in [0.717, 1.165) is 25.1 Å². The number of hydrogen-bond donors (Lipinski definition) is 1. The molecule has 0 aliphatic heterocycles. The normalized spacial score (nSPS) is 23.3. The fourth-order valence-corrected chi connectivity index (χ4v) is 3.56. The number of halogens is 2. The fourth-order valence-electron chi connectivity index (χ4n) is 3.40. The zero-order chi connectivity index (χ0) is 15.2. The van der Waals surface area contributed by atoms with Gasteiger partial charge in [0, 0.05) is 5.02 Å². The Kier molecular flexibility index (Phi) is 6.50. The first-order valence-electron chi connectivity index (χ1n) is 8.23. The molecule has 21 heavy (non-hydrogen) atoms. The van der Waals surface area contributed by atoms with Crippen LogP contribution in [0.4, 0.5) is 4.39 Å². The molecule has 118 valence electrons. The molecule has 0 heterocycles. The highest BCUT2D eigenvalue weighted by Crippen LogP contribution is 2.38. The molecule has 2 rings (SSSR count). The maximum atomic E-state index is 14.3. The van der Waals surface area contributed by atoms with Gasteiger partial charge in [0.1, 0.15) is 5.82 Å². The van der Waals surface area contributed by atoms with Crippen LogP contribution in [0.5, 0.6) is 0 Å². The maximum absolute atomic E-state index is 14.3. The molecule has 1 aromatic rings. The van der Waals surface area contributed by atoms with Crippen LogP contribution in [0.15, 0.2) is 18.2 Å². The third-order valence-corrected chi connectivity index (χ3v) is 4.72. The van der Waals surface area contributed by atoms with Gasteiger partial charge in [0.25, 0.3) is 0 Å². The summed E-state index contributed by atoms with van der Waals surface area (Å²) >= 11 is 5.89. The molecule has 1 saturated carbocycles. The largest absolute Gasteiger partial charge is 0.316 e. The van der Waals surface area contributed by atoms with E-state index in [9.17, 15) is 4.39 Å². The predicted molar refractivity (Wildman–Crippen MR) is 88.4 cm³/mol. The van der Waals surface area contributed by atoms with Crippen molar-refractivity contribution < 1.29 is 4.39 Å². The third kappa shape index (κ3) is 4.96. The van der Waals surface area contributed by atoms with Crippen molar-refractivity contribution in [2.24, 2.45) is 11.8 Å². The van der Waals surface area contributed by atoms with Crippen molar-refractivity contribution in [3.05, 3.63) is 34.6 Å². The van der Waals surface area contributed by atoms with Crippen LogP contribution in [0, 0.1) is 17.7 Å². The molecule has 0 aromatic heterocycles. The SMILES string of the molecule is CC(C)CNCC1CCCCCC1c1ccc(Cl)cc1F. The number of rotatable bonds is 5. The molecular weight excluding hydrogens is 285 g/mol. The summed E-state index contributed by atoms with van der Waals surface area (Å²) in [5.41, 5.74) is 0.859. The van der Waals surface area contributed by atoms with Crippen molar-refractivity contribution in [2.75, 3.05) is 13.1 Å². The van der Waals surface area contributed by atoms with Crippen LogP contribution in [-0.4, -0.2) is 13.1 Å². The van der Waals surface area contributed by atoms with Crippen LogP contribution in [0.25, 0.3) is 0 Å². The van der Waals surface area contributed by atoms with Crippen molar-refractivity contribution in [1.29, 1.82) is 0 Å². The molecule has 3 heteroatoms. The Hall–Kier alpha value is -0.600. The van der Waals surface area contributed by atoms with Crippen molar-refractivity contribution in [1.82, 2.24) is 5.32 Å². The highest BCUT2D eigenvalue weighted by molar-refractivity contribution is 6.30. The smallest absolute Gasteiger partial charge is 0.128 e. The molecule has 1 aromatic carbocycles. The molecule has 1 nitrogen and oxygen atoms in total. The summed E-state index contributed by atoms with van der Waals surface area (Å²) in [4.78, 5) is 0. The summed E-state index contributed by atoms with van der Waals surface area (Å²) in [6.45, 7) is 6.46. The summed E-state index contributed by atoms with van der Waals surface area (Å²) in [5, 5.41) is 4.05. The molecule has 1 N–H and O–H groups in total. The number of hydrogen-bond acceptors (Lipinski definition) is 1. The molecule has 0 spiro atoms. The van der Waals surface area contributed by atoms with E-state index >= 15 is 0 Å². The lowest BCUT2D eigenvalue weighted by atomic mass is 9.82. The second kappa shape index (κ2) is 8.14. The van der Waals surface area contributed by atoms with E-state index in [1.807, 2.05) is 12.1 Å². The van der Waals surface area contributed by atoms with E-state index in [0.29, 0.717) is 22.8 Å². The lowest BCUT2D eigenvalue weighted by Crippen LogP contribution is -2.29. The van der Waals surface area contributed by atoms with Crippen molar-refractivity contribution in [2.45, 2.75) is 51.9 Å². The van der Waals surface area contributed by atoms with Gasteiger partial charge in [-0.05, 0) is 61.4 Å². The predicted octanol–water partition coefficient (Wildman–Crippen LogP) is 5.39. The monoisotopic (exact) mass is 311 g/mol. The van der Waals surface area contributed by atoms with Gasteiger partial charge in [-0.15, -0.1) is 0 Å². The zero-order valence-corrected chi connectivity index (χ0v) is 13.9. The second-order valence-electron chi connectivity index (χ2n) is 6.72. The highest BCUT2D eigenvalue weighted by atomic mass is 35.5. The standard InChI is InChI=1S/C18H27ClFN/c1-13(2)11-21-12-14-6-4-3-5-7-16(14)17-9-8-15(19)10-18(17)20/h8-10,13-14,16,21H,3-7,11-12H2,1-2H3. The lowest BCUT2D eigenvalue weighted by molar-refractivity contribution is 0.359. The third-order valence-electron chi connectivity index (χ3n) is 4.48. The average molecular weight is 312 g/mol. The molecular formula is C18H27ClFN. The molecule has 0 radical (unpaired) electrons. The molecule has 1 aliphatic carbocycles. The van der Waals surface area contributed by atoms with E-state index in [4.69, 9.17) is 11.6 Å².